The van der Waals surface area contributed by atoms with E-state index in [9.17, 15) is 5.11 Å². The molecule has 1 atom stereocenters. The summed E-state index contributed by atoms with van der Waals surface area (Å²) in [5, 5.41) is 9.66. The van der Waals surface area contributed by atoms with Gasteiger partial charge in [0.15, 0.2) is 0 Å². The Morgan fingerprint density at radius 2 is 1.81 bits per heavy atom. The molecule has 16 heavy (non-hydrogen) atoms. The summed E-state index contributed by atoms with van der Waals surface area (Å²) in [6, 6.07) is 11.8. The molecule has 1 N–H and O–H groups in total. The number of hydrogen-bond donors (Lipinski definition) is 1. The van der Waals surface area contributed by atoms with Crippen molar-refractivity contribution in [1.82, 2.24) is 4.98 Å². The number of benzene rings is 1. The van der Waals surface area contributed by atoms with Crippen LogP contribution in [0, 0.1) is 0 Å². The van der Waals surface area contributed by atoms with Crippen molar-refractivity contribution in [2.24, 2.45) is 0 Å². The van der Waals surface area contributed by atoms with Crippen molar-refractivity contribution in [3.8, 4) is 0 Å². The molecule has 0 aliphatic rings. The maximum absolute atomic E-state index is 9.66. The van der Waals surface area contributed by atoms with E-state index in [0.29, 0.717) is 0 Å². The number of nitrogens with zero attached hydrogens (tertiary/aromatic N) is 1. The molecule has 0 spiro atoms. The lowest BCUT2D eigenvalue weighted by Gasteiger charge is -2.10. The van der Waals surface area contributed by atoms with Crippen LogP contribution in [0.5, 0.6) is 0 Å². The second-order valence-corrected chi connectivity index (χ2v) is 4.61. The molecule has 0 amide bonds. The minimum absolute atomic E-state index is 0.439. The van der Waals surface area contributed by atoms with Gasteiger partial charge < -0.3 is 5.11 Å². The average molecular weight is 231 g/mol. The van der Waals surface area contributed by atoms with Crippen LogP contribution in [0.4, 0.5) is 0 Å². The number of aliphatic hydroxyl groups excluding tert-OH is 1. The summed E-state index contributed by atoms with van der Waals surface area (Å²) in [7, 11) is 0. The second-order valence-electron chi connectivity index (χ2n) is 3.50. The van der Waals surface area contributed by atoms with E-state index in [1.165, 1.54) is 0 Å². The molecule has 1 aromatic heterocycles. The number of aromatic nitrogens is 1. The van der Waals surface area contributed by atoms with Gasteiger partial charge in [-0.05, 0) is 30.7 Å². The maximum Gasteiger partial charge on any atom is 0.0772 e. The zero-order valence-electron chi connectivity index (χ0n) is 9.00. The van der Waals surface area contributed by atoms with Crippen molar-refractivity contribution < 1.29 is 5.11 Å². The van der Waals surface area contributed by atoms with E-state index in [1.807, 2.05) is 36.4 Å². The van der Waals surface area contributed by atoms with Crippen LogP contribution >= 0.6 is 11.8 Å². The number of hydrogen-bond acceptors (Lipinski definition) is 3. The molecule has 1 aromatic carbocycles. The lowest BCUT2D eigenvalue weighted by molar-refractivity contribution is 0.196. The molecule has 82 valence electrons. The molecule has 0 saturated carbocycles. The molecule has 0 radical (unpaired) electrons. The predicted octanol–water partition coefficient (Wildman–Crippen LogP) is 3.29. The molecular weight excluding hydrogens is 218 g/mol. The molecule has 1 heterocycles. The topological polar surface area (TPSA) is 33.1 Å². The number of pyridine rings is 1. The normalized spacial score (nSPS) is 12.4. The Labute approximate surface area is 99.4 Å². The van der Waals surface area contributed by atoms with Gasteiger partial charge in [-0.15, -0.1) is 0 Å². The molecule has 0 aliphatic carbocycles. The molecule has 0 bridgehead atoms. The smallest absolute Gasteiger partial charge is 0.0772 e. The Hall–Kier alpha value is -1.32. The minimum Gasteiger partial charge on any atom is -0.389 e. The summed E-state index contributed by atoms with van der Waals surface area (Å²) in [5.41, 5.74) is 0.962. The molecule has 2 rings (SSSR count). The van der Waals surface area contributed by atoms with Crippen LogP contribution in [0.15, 0.2) is 58.6 Å². The van der Waals surface area contributed by atoms with Crippen LogP contribution in [0.3, 0.4) is 0 Å². The van der Waals surface area contributed by atoms with Gasteiger partial charge in [-0.1, -0.05) is 30.0 Å². The summed E-state index contributed by atoms with van der Waals surface area (Å²) in [4.78, 5) is 6.20. The highest BCUT2D eigenvalue weighted by atomic mass is 32.2. The SMILES string of the molecule is C[C@H](O)c1ccccc1Sc1ccncc1. The van der Waals surface area contributed by atoms with Gasteiger partial charge in [-0.2, -0.15) is 0 Å². The van der Waals surface area contributed by atoms with Gasteiger partial charge in [0.05, 0.1) is 6.10 Å². The van der Waals surface area contributed by atoms with E-state index in [4.69, 9.17) is 0 Å². The Balaban J connectivity index is 2.28. The molecule has 3 heteroatoms. The van der Waals surface area contributed by atoms with E-state index in [0.717, 1.165) is 15.4 Å². The lowest BCUT2D eigenvalue weighted by atomic mass is 10.1. The van der Waals surface area contributed by atoms with E-state index < -0.39 is 6.10 Å². The van der Waals surface area contributed by atoms with Gasteiger partial charge in [0.1, 0.15) is 0 Å². The average Bonchev–Trinajstić information content (AvgIpc) is 2.31. The van der Waals surface area contributed by atoms with Gasteiger partial charge >= 0.3 is 0 Å². The molecule has 0 unspecified atom stereocenters. The van der Waals surface area contributed by atoms with Crippen LogP contribution in [-0.4, -0.2) is 10.1 Å². The van der Waals surface area contributed by atoms with Gasteiger partial charge in [0, 0.05) is 22.2 Å². The zero-order chi connectivity index (χ0) is 11.4. The van der Waals surface area contributed by atoms with Crippen molar-refractivity contribution >= 4 is 11.8 Å². The molecule has 2 aromatic rings. The fourth-order valence-corrected chi connectivity index (χ4v) is 2.47. The first kappa shape index (κ1) is 11.2. The quantitative estimate of drug-likeness (QED) is 0.880. The van der Waals surface area contributed by atoms with E-state index in [1.54, 1.807) is 31.1 Å². The van der Waals surface area contributed by atoms with Gasteiger partial charge in [-0.3, -0.25) is 4.98 Å². The summed E-state index contributed by atoms with van der Waals surface area (Å²) in [5.74, 6) is 0. The van der Waals surface area contributed by atoms with Crippen LogP contribution in [0.1, 0.15) is 18.6 Å². The fraction of sp³-hybridized carbons (Fsp3) is 0.154. The van der Waals surface area contributed by atoms with E-state index >= 15 is 0 Å². The van der Waals surface area contributed by atoms with Gasteiger partial charge in [0.25, 0.3) is 0 Å². The highest BCUT2D eigenvalue weighted by Gasteiger charge is 2.07. The third kappa shape index (κ3) is 2.62. The zero-order valence-corrected chi connectivity index (χ0v) is 9.82. The van der Waals surface area contributed by atoms with Crippen molar-refractivity contribution in [2.75, 3.05) is 0 Å². The monoisotopic (exact) mass is 231 g/mol. The van der Waals surface area contributed by atoms with Crippen molar-refractivity contribution in [1.29, 1.82) is 0 Å². The van der Waals surface area contributed by atoms with Crippen LogP contribution in [0.25, 0.3) is 0 Å². The Kier molecular flexibility index (Phi) is 3.59. The highest BCUT2D eigenvalue weighted by Crippen LogP contribution is 2.32. The molecule has 0 aliphatic heterocycles. The fourth-order valence-electron chi connectivity index (χ4n) is 1.45. The summed E-state index contributed by atoms with van der Waals surface area (Å²) in [6.45, 7) is 1.78. The first-order valence-electron chi connectivity index (χ1n) is 5.12. The summed E-state index contributed by atoms with van der Waals surface area (Å²) >= 11 is 1.64. The summed E-state index contributed by atoms with van der Waals surface area (Å²) < 4.78 is 0. The molecule has 0 saturated heterocycles. The second kappa shape index (κ2) is 5.14. The van der Waals surface area contributed by atoms with E-state index in [2.05, 4.69) is 4.98 Å². The predicted molar refractivity (Wildman–Crippen MR) is 65.4 cm³/mol. The Morgan fingerprint density at radius 1 is 1.12 bits per heavy atom. The Bertz CT molecular complexity index is 456. The van der Waals surface area contributed by atoms with E-state index in [-0.39, 0.29) is 0 Å². The third-order valence-electron chi connectivity index (χ3n) is 2.25. The van der Waals surface area contributed by atoms with Crippen LogP contribution < -0.4 is 0 Å². The lowest BCUT2D eigenvalue weighted by Crippen LogP contribution is -1.93. The van der Waals surface area contributed by atoms with Crippen LogP contribution in [0.2, 0.25) is 0 Å². The molecule has 0 fully saturated rings. The number of rotatable bonds is 3. The van der Waals surface area contributed by atoms with Crippen molar-refractivity contribution in [3.63, 3.8) is 0 Å². The standard InChI is InChI=1S/C13H13NOS/c1-10(15)12-4-2-3-5-13(12)16-11-6-8-14-9-7-11/h2-10,15H,1H3/t10-/m0/s1. The van der Waals surface area contributed by atoms with Crippen molar-refractivity contribution in [3.05, 3.63) is 54.4 Å². The van der Waals surface area contributed by atoms with Gasteiger partial charge in [-0.25, -0.2) is 0 Å². The molecule has 2 nitrogen and oxygen atoms in total. The highest BCUT2D eigenvalue weighted by molar-refractivity contribution is 7.99. The van der Waals surface area contributed by atoms with Gasteiger partial charge in [0.2, 0.25) is 0 Å². The minimum atomic E-state index is -0.439. The Morgan fingerprint density at radius 3 is 2.50 bits per heavy atom. The maximum atomic E-state index is 9.66. The molecular formula is C13H13NOS. The first-order chi connectivity index (χ1) is 7.77. The van der Waals surface area contributed by atoms with Crippen molar-refractivity contribution in [2.45, 2.75) is 22.8 Å². The summed E-state index contributed by atoms with van der Waals surface area (Å²) in [6.07, 6.45) is 3.10. The van der Waals surface area contributed by atoms with Crippen LogP contribution in [-0.2, 0) is 0 Å². The number of aliphatic hydroxyl groups is 1. The first-order valence-corrected chi connectivity index (χ1v) is 5.94. The third-order valence-corrected chi connectivity index (χ3v) is 3.35. The largest absolute Gasteiger partial charge is 0.389 e.